The van der Waals surface area contributed by atoms with Gasteiger partial charge in [0.2, 0.25) is 0 Å². The third-order valence-corrected chi connectivity index (χ3v) is 7.39. The number of rotatable bonds is 2. The Morgan fingerprint density at radius 3 is 1.47 bits per heavy atom. The highest BCUT2D eigenvalue weighted by Gasteiger charge is 2.16. The van der Waals surface area contributed by atoms with Crippen molar-refractivity contribution in [3.05, 3.63) is 107 Å². The summed E-state index contributed by atoms with van der Waals surface area (Å²) in [4.78, 5) is 8.78. The molecule has 6 heteroatoms. The molecule has 0 amide bonds. The van der Waals surface area contributed by atoms with Crippen molar-refractivity contribution in [2.24, 2.45) is 0 Å². The Kier molecular flexibility index (Phi) is 4.41. The maximum Gasteiger partial charge on any atom is 0.0571 e. The van der Waals surface area contributed by atoms with E-state index >= 15 is 0 Å². The Morgan fingerprint density at radius 1 is 0.500 bits per heavy atom. The lowest BCUT2D eigenvalue weighted by Gasteiger charge is -2.12. The Hall–Kier alpha value is -3.48. The van der Waals surface area contributed by atoms with Crippen LogP contribution in [0.25, 0.3) is 55.0 Å². The molecule has 0 radical (unpaired) electrons. The molecule has 162 valence electrons. The predicted molar refractivity (Wildman–Crippen MR) is 146 cm³/mol. The fraction of sp³-hybridized carbons (Fsp3) is 0. The van der Waals surface area contributed by atoms with E-state index in [1.165, 1.54) is 10.8 Å². The average molecular weight is 568 g/mol. The first kappa shape index (κ1) is 19.9. The summed E-state index contributed by atoms with van der Waals surface area (Å²) in [6.45, 7) is 0. The number of fused-ring (bicyclic) bond motifs is 6. The average Bonchev–Trinajstić information content (AvgIpc) is 3.36. The smallest absolute Gasteiger partial charge is 0.0571 e. The first-order valence-corrected chi connectivity index (χ1v) is 12.5. The Balaban J connectivity index is 1.54. The van der Waals surface area contributed by atoms with Crippen LogP contribution in [0.4, 0.5) is 0 Å². The number of benzene rings is 3. The van der Waals surface area contributed by atoms with Gasteiger partial charge in [0.15, 0.2) is 0 Å². The van der Waals surface area contributed by atoms with Crippen LogP contribution in [0.1, 0.15) is 0 Å². The monoisotopic (exact) mass is 566 g/mol. The number of hydrogen-bond donors (Lipinski definition) is 0. The quantitative estimate of drug-likeness (QED) is 0.211. The molecule has 7 aromatic rings. The summed E-state index contributed by atoms with van der Waals surface area (Å²) in [5, 5.41) is 4.63. The van der Waals surface area contributed by atoms with Gasteiger partial charge in [-0.1, -0.05) is 37.9 Å². The number of pyridine rings is 2. The largest absolute Gasteiger partial charge is 0.309 e. The van der Waals surface area contributed by atoms with E-state index in [2.05, 4.69) is 124 Å². The summed E-state index contributed by atoms with van der Waals surface area (Å²) < 4.78 is 6.74. The zero-order valence-electron chi connectivity index (χ0n) is 17.8. The van der Waals surface area contributed by atoms with Crippen molar-refractivity contribution >= 4 is 75.5 Å². The van der Waals surface area contributed by atoms with Crippen molar-refractivity contribution in [2.45, 2.75) is 0 Å². The van der Waals surface area contributed by atoms with Crippen molar-refractivity contribution in [1.82, 2.24) is 19.1 Å². The molecule has 0 aliphatic rings. The molecule has 0 N–H and O–H groups in total. The molecule has 0 aliphatic carbocycles. The van der Waals surface area contributed by atoms with Gasteiger partial charge in [0.05, 0.1) is 22.1 Å². The van der Waals surface area contributed by atoms with Crippen molar-refractivity contribution in [2.75, 3.05) is 0 Å². The molecule has 0 saturated carbocycles. The van der Waals surface area contributed by atoms with E-state index < -0.39 is 0 Å². The molecule has 0 spiro atoms. The predicted octanol–water partition coefficient (Wildman–Crippen LogP) is 8.20. The van der Waals surface area contributed by atoms with Crippen LogP contribution >= 0.6 is 31.9 Å². The van der Waals surface area contributed by atoms with Crippen LogP contribution in [-0.4, -0.2) is 19.1 Å². The van der Waals surface area contributed by atoms with Crippen LogP contribution in [0.2, 0.25) is 0 Å². The van der Waals surface area contributed by atoms with Gasteiger partial charge in [-0.2, -0.15) is 0 Å². The summed E-state index contributed by atoms with van der Waals surface area (Å²) >= 11 is 7.26. The molecule has 0 atom stereocenters. The zero-order valence-corrected chi connectivity index (χ0v) is 21.0. The normalized spacial score (nSPS) is 11.8. The second-order valence-electron chi connectivity index (χ2n) is 8.30. The standard InChI is InChI=1S/C28H16Br2N4/c29-17-4-6-25-21(12-17)23-15-31-10-8-27(23)33(25)19-2-1-3-20(14-19)34-26-7-5-18(30)13-22(26)24-16-32-11-9-28(24)34/h1-16H. The number of nitrogens with zero attached hydrogens (tertiary/aromatic N) is 4. The van der Waals surface area contributed by atoms with Gasteiger partial charge in [0.1, 0.15) is 0 Å². The lowest BCUT2D eigenvalue weighted by molar-refractivity contribution is 1.13. The topological polar surface area (TPSA) is 35.6 Å². The molecule has 0 bridgehead atoms. The van der Waals surface area contributed by atoms with Gasteiger partial charge in [-0.3, -0.25) is 9.97 Å². The van der Waals surface area contributed by atoms with Gasteiger partial charge in [-0.15, -0.1) is 0 Å². The van der Waals surface area contributed by atoms with E-state index in [1.807, 2.05) is 24.8 Å². The van der Waals surface area contributed by atoms with Crippen LogP contribution in [-0.2, 0) is 0 Å². The highest BCUT2D eigenvalue weighted by atomic mass is 79.9. The summed E-state index contributed by atoms with van der Waals surface area (Å²) in [5.74, 6) is 0. The Labute approximate surface area is 211 Å². The number of aromatic nitrogens is 4. The third-order valence-electron chi connectivity index (χ3n) is 6.40. The van der Waals surface area contributed by atoms with Crippen LogP contribution in [0.3, 0.4) is 0 Å². The van der Waals surface area contributed by atoms with Gasteiger partial charge < -0.3 is 9.13 Å². The molecule has 0 fully saturated rings. The summed E-state index contributed by atoms with van der Waals surface area (Å²) in [7, 11) is 0. The van der Waals surface area contributed by atoms with E-state index in [4.69, 9.17) is 0 Å². The lowest BCUT2D eigenvalue weighted by atomic mass is 10.2. The zero-order chi connectivity index (χ0) is 22.8. The molecule has 4 nitrogen and oxygen atoms in total. The minimum atomic E-state index is 1.06. The van der Waals surface area contributed by atoms with E-state index in [9.17, 15) is 0 Å². The first-order valence-electron chi connectivity index (χ1n) is 10.9. The lowest BCUT2D eigenvalue weighted by Crippen LogP contribution is -1.98. The second-order valence-corrected chi connectivity index (χ2v) is 10.1. The molecular formula is C28H16Br2N4. The van der Waals surface area contributed by atoms with Crippen molar-refractivity contribution in [3.63, 3.8) is 0 Å². The van der Waals surface area contributed by atoms with Crippen molar-refractivity contribution in [1.29, 1.82) is 0 Å². The fourth-order valence-corrected chi connectivity index (χ4v) is 5.73. The molecule has 0 unspecified atom stereocenters. The summed E-state index contributed by atoms with van der Waals surface area (Å²) in [6.07, 6.45) is 7.60. The van der Waals surface area contributed by atoms with Gasteiger partial charge in [0, 0.05) is 66.7 Å². The van der Waals surface area contributed by atoms with Gasteiger partial charge in [0.25, 0.3) is 0 Å². The molecule has 4 heterocycles. The molecular weight excluding hydrogens is 552 g/mol. The van der Waals surface area contributed by atoms with Crippen LogP contribution < -0.4 is 0 Å². The minimum Gasteiger partial charge on any atom is -0.309 e. The van der Waals surface area contributed by atoms with E-state index in [0.29, 0.717) is 0 Å². The molecule has 0 saturated heterocycles. The third kappa shape index (κ3) is 2.89. The minimum absolute atomic E-state index is 1.06. The van der Waals surface area contributed by atoms with E-state index in [0.717, 1.165) is 53.2 Å². The highest BCUT2D eigenvalue weighted by Crippen LogP contribution is 2.36. The maximum atomic E-state index is 4.39. The van der Waals surface area contributed by atoms with E-state index in [-0.39, 0.29) is 0 Å². The van der Waals surface area contributed by atoms with E-state index in [1.54, 1.807) is 0 Å². The van der Waals surface area contributed by atoms with Crippen LogP contribution in [0, 0.1) is 0 Å². The van der Waals surface area contributed by atoms with Crippen molar-refractivity contribution in [3.8, 4) is 11.4 Å². The van der Waals surface area contributed by atoms with Gasteiger partial charge in [-0.05, 0) is 66.7 Å². The molecule has 34 heavy (non-hydrogen) atoms. The van der Waals surface area contributed by atoms with Crippen LogP contribution in [0.5, 0.6) is 0 Å². The maximum absolute atomic E-state index is 4.39. The summed E-state index contributed by atoms with van der Waals surface area (Å²) in [5.41, 5.74) is 6.78. The second kappa shape index (κ2) is 7.52. The number of hydrogen-bond acceptors (Lipinski definition) is 2. The highest BCUT2D eigenvalue weighted by molar-refractivity contribution is 9.10. The fourth-order valence-electron chi connectivity index (χ4n) is 5.00. The summed E-state index contributed by atoms with van der Waals surface area (Å²) in [6, 6.07) is 25.7. The first-order chi connectivity index (χ1) is 16.7. The van der Waals surface area contributed by atoms with Crippen LogP contribution in [0.15, 0.2) is 107 Å². The molecule has 7 rings (SSSR count). The van der Waals surface area contributed by atoms with Crippen molar-refractivity contribution < 1.29 is 0 Å². The Morgan fingerprint density at radius 2 is 0.971 bits per heavy atom. The molecule has 4 aromatic heterocycles. The molecule has 3 aromatic carbocycles. The Bertz CT molecular complexity index is 1760. The number of halogens is 2. The SMILES string of the molecule is Brc1ccc2c(c1)c1cnccc1n2-c1cccc(-n2c3ccncc3c3cc(Br)ccc32)c1. The van der Waals surface area contributed by atoms with Gasteiger partial charge >= 0.3 is 0 Å². The molecule has 0 aliphatic heterocycles. The van der Waals surface area contributed by atoms with Gasteiger partial charge in [-0.25, -0.2) is 0 Å².